The summed E-state index contributed by atoms with van der Waals surface area (Å²) in [6.45, 7) is 7.81. The normalized spacial score (nSPS) is 12.0. The second kappa shape index (κ2) is 7.51. The number of nitrogens with zero attached hydrogens (tertiary/aromatic N) is 3. The molecule has 5 heteroatoms. The molecular weight excluding hydrogens is 278 g/mol. The van der Waals surface area contributed by atoms with Gasteiger partial charge in [-0.2, -0.15) is 0 Å². The van der Waals surface area contributed by atoms with E-state index in [2.05, 4.69) is 27.2 Å². The number of hydrogen-bond donors (Lipinski definition) is 1. The monoisotopic (exact) mass is 303 g/mol. The first kappa shape index (κ1) is 16.6. The highest BCUT2D eigenvalue weighted by Crippen LogP contribution is 2.12. The third-order valence-electron chi connectivity index (χ3n) is 3.29. The van der Waals surface area contributed by atoms with E-state index in [9.17, 15) is 5.11 Å². The van der Waals surface area contributed by atoms with E-state index in [1.807, 2.05) is 32.0 Å². The number of aromatic nitrogens is 2. The zero-order valence-corrected chi connectivity index (χ0v) is 13.6. The molecule has 120 valence electrons. The summed E-state index contributed by atoms with van der Waals surface area (Å²) in [4.78, 5) is 2.26. The lowest BCUT2D eigenvalue weighted by Crippen LogP contribution is -2.38. The Bertz CT molecular complexity index is 561. The molecule has 0 saturated carbocycles. The fourth-order valence-corrected chi connectivity index (χ4v) is 2.50. The molecule has 1 aromatic carbocycles. The highest BCUT2D eigenvalue weighted by molar-refractivity contribution is 5.14. The highest BCUT2D eigenvalue weighted by Gasteiger charge is 2.18. The van der Waals surface area contributed by atoms with Gasteiger partial charge in [0, 0.05) is 26.4 Å². The predicted octanol–water partition coefficient (Wildman–Crippen LogP) is 2.58. The summed E-state index contributed by atoms with van der Waals surface area (Å²) in [7, 11) is 0. The van der Waals surface area contributed by atoms with Crippen molar-refractivity contribution < 1.29 is 9.52 Å². The van der Waals surface area contributed by atoms with Crippen LogP contribution in [0.4, 0.5) is 0 Å². The molecule has 0 bridgehead atoms. The lowest BCUT2D eigenvalue weighted by molar-refractivity contribution is 0.0330. The van der Waals surface area contributed by atoms with Crippen LogP contribution < -0.4 is 0 Å². The Labute approximate surface area is 132 Å². The Kier molecular flexibility index (Phi) is 5.69. The molecule has 0 saturated heterocycles. The van der Waals surface area contributed by atoms with Crippen LogP contribution in [0.1, 0.15) is 37.6 Å². The molecule has 0 amide bonds. The van der Waals surface area contributed by atoms with Gasteiger partial charge < -0.3 is 9.52 Å². The van der Waals surface area contributed by atoms with Crippen LogP contribution in [-0.2, 0) is 13.0 Å². The molecule has 1 aromatic heterocycles. The molecule has 0 fully saturated rings. The fourth-order valence-electron chi connectivity index (χ4n) is 2.50. The second-order valence-electron chi connectivity index (χ2n) is 6.33. The van der Waals surface area contributed by atoms with Gasteiger partial charge in [0.1, 0.15) is 0 Å². The molecule has 0 aliphatic carbocycles. The predicted molar refractivity (Wildman–Crippen MR) is 85.4 cm³/mol. The standard InChI is InChI=1S/C17H25N3O2/c1-14-18-19-16(22-14)10-7-11-20(13-17(2,3)21)12-15-8-5-4-6-9-15/h4-6,8-9,21H,7,10-13H2,1-3H3. The van der Waals surface area contributed by atoms with Crippen molar-refractivity contribution in [3.05, 3.63) is 47.7 Å². The molecule has 2 aromatic rings. The van der Waals surface area contributed by atoms with Gasteiger partial charge in [0.15, 0.2) is 0 Å². The van der Waals surface area contributed by atoms with Crippen LogP contribution in [0.15, 0.2) is 34.7 Å². The fraction of sp³-hybridized carbons (Fsp3) is 0.529. The minimum atomic E-state index is -0.712. The minimum absolute atomic E-state index is 0.604. The van der Waals surface area contributed by atoms with Gasteiger partial charge in [0.2, 0.25) is 11.8 Å². The molecule has 5 nitrogen and oxygen atoms in total. The molecule has 22 heavy (non-hydrogen) atoms. The number of aliphatic hydroxyl groups is 1. The maximum Gasteiger partial charge on any atom is 0.216 e. The van der Waals surface area contributed by atoms with Crippen molar-refractivity contribution in [2.45, 2.75) is 45.8 Å². The lowest BCUT2D eigenvalue weighted by atomic mass is 10.1. The maximum absolute atomic E-state index is 10.1. The summed E-state index contributed by atoms with van der Waals surface area (Å²) < 4.78 is 5.39. The van der Waals surface area contributed by atoms with E-state index in [0.29, 0.717) is 18.3 Å². The van der Waals surface area contributed by atoms with Crippen molar-refractivity contribution in [3.8, 4) is 0 Å². The van der Waals surface area contributed by atoms with Crippen molar-refractivity contribution in [1.82, 2.24) is 15.1 Å². The van der Waals surface area contributed by atoms with Crippen LogP contribution in [0.25, 0.3) is 0 Å². The van der Waals surface area contributed by atoms with Gasteiger partial charge in [-0.1, -0.05) is 30.3 Å². The van der Waals surface area contributed by atoms with Crippen LogP contribution in [0.3, 0.4) is 0 Å². The summed E-state index contributed by atoms with van der Waals surface area (Å²) in [5.74, 6) is 1.29. The number of rotatable bonds is 8. The Morgan fingerprint density at radius 1 is 1.18 bits per heavy atom. The molecular formula is C17H25N3O2. The lowest BCUT2D eigenvalue weighted by Gasteiger charge is -2.29. The molecule has 0 unspecified atom stereocenters. The van der Waals surface area contributed by atoms with E-state index in [0.717, 1.165) is 25.9 Å². The Morgan fingerprint density at radius 3 is 2.50 bits per heavy atom. The Balaban J connectivity index is 1.89. The van der Waals surface area contributed by atoms with Crippen LogP contribution in [0.5, 0.6) is 0 Å². The number of hydrogen-bond acceptors (Lipinski definition) is 5. The van der Waals surface area contributed by atoms with E-state index in [-0.39, 0.29) is 0 Å². The first-order valence-electron chi connectivity index (χ1n) is 7.70. The molecule has 0 aliphatic heterocycles. The van der Waals surface area contributed by atoms with E-state index < -0.39 is 5.60 Å². The third-order valence-corrected chi connectivity index (χ3v) is 3.29. The van der Waals surface area contributed by atoms with Gasteiger partial charge >= 0.3 is 0 Å². The molecule has 2 rings (SSSR count). The molecule has 1 heterocycles. The van der Waals surface area contributed by atoms with Crippen molar-refractivity contribution in [1.29, 1.82) is 0 Å². The topological polar surface area (TPSA) is 62.4 Å². The first-order chi connectivity index (χ1) is 10.4. The van der Waals surface area contributed by atoms with Gasteiger partial charge in [-0.3, -0.25) is 4.90 Å². The summed E-state index contributed by atoms with van der Waals surface area (Å²) in [5, 5.41) is 18.0. The summed E-state index contributed by atoms with van der Waals surface area (Å²) in [5.41, 5.74) is 0.538. The third kappa shape index (κ3) is 5.95. The first-order valence-corrected chi connectivity index (χ1v) is 7.70. The Morgan fingerprint density at radius 2 is 1.91 bits per heavy atom. The summed E-state index contributed by atoms with van der Waals surface area (Å²) in [6, 6.07) is 10.3. The molecule has 0 atom stereocenters. The molecule has 1 N–H and O–H groups in total. The SMILES string of the molecule is Cc1nnc(CCCN(Cc2ccccc2)CC(C)(C)O)o1. The van der Waals surface area contributed by atoms with Gasteiger partial charge in [-0.25, -0.2) is 0 Å². The molecule has 0 radical (unpaired) electrons. The zero-order chi connectivity index (χ0) is 16.0. The minimum Gasteiger partial charge on any atom is -0.426 e. The van der Waals surface area contributed by atoms with Crippen molar-refractivity contribution in [2.24, 2.45) is 0 Å². The number of benzene rings is 1. The Hall–Kier alpha value is -1.72. The second-order valence-corrected chi connectivity index (χ2v) is 6.33. The average molecular weight is 303 g/mol. The smallest absolute Gasteiger partial charge is 0.216 e. The van der Waals surface area contributed by atoms with E-state index in [1.54, 1.807) is 6.92 Å². The largest absolute Gasteiger partial charge is 0.426 e. The van der Waals surface area contributed by atoms with Crippen LogP contribution in [0.2, 0.25) is 0 Å². The van der Waals surface area contributed by atoms with Gasteiger partial charge in [0.05, 0.1) is 5.60 Å². The van der Waals surface area contributed by atoms with Crippen LogP contribution in [-0.4, -0.2) is 38.9 Å². The van der Waals surface area contributed by atoms with Crippen molar-refractivity contribution in [2.75, 3.05) is 13.1 Å². The zero-order valence-electron chi connectivity index (χ0n) is 13.6. The van der Waals surface area contributed by atoms with Crippen molar-refractivity contribution >= 4 is 0 Å². The van der Waals surface area contributed by atoms with Crippen molar-refractivity contribution in [3.63, 3.8) is 0 Å². The number of aryl methyl sites for hydroxylation is 2. The maximum atomic E-state index is 10.1. The summed E-state index contributed by atoms with van der Waals surface area (Å²) >= 11 is 0. The van der Waals surface area contributed by atoms with E-state index >= 15 is 0 Å². The molecule has 0 spiro atoms. The van der Waals surface area contributed by atoms with Gasteiger partial charge in [-0.15, -0.1) is 10.2 Å². The van der Waals surface area contributed by atoms with Crippen LogP contribution in [0, 0.1) is 6.92 Å². The quantitative estimate of drug-likeness (QED) is 0.812. The highest BCUT2D eigenvalue weighted by atomic mass is 16.4. The summed E-state index contributed by atoms with van der Waals surface area (Å²) in [6.07, 6.45) is 1.68. The van der Waals surface area contributed by atoms with Gasteiger partial charge in [-0.05, 0) is 32.4 Å². The average Bonchev–Trinajstić information content (AvgIpc) is 2.84. The van der Waals surface area contributed by atoms with Gasteiger partial charge in [0.25, 0.3) is 0 Å². The molecule has 0 aliphatic rings. The van der Waals surface area contributed by atoms with E-state index in [4.69, 9.17) is 4.42 Å². The van der Waals surface area contributed by atoms with Crippen LogP contribution >= 0.6 is 0 Å². The van der Waals surface area contributed by atoms with E-state index in [1.165, 1.54) is 5.56 Å².